The lowest BCUT2D eigenvalue weighted by Gasteiger charge is -2.22. The van der Waals surface area contributed by atoms with Gasteiger partial charge in [0.25, 0.3) is 0 Å². The van der Waals surface area contributed by atoms with E-state index in [9.17, 15) is 5.11 Å². The molecule has 84 valence electrons. The van der Waals surface area contributed by atoms with Crippen molar-refractivity contribution in [2.45, 2.75) is 59.5 Å². The van der Waals surface area contributed by atoms with E-state index in [1.165, 1.54) is 12.8 Å². The van der Waals surface area contributed by atoms with Crippen molar-refractivity contribution in [3.05, 3.63) is 12.2 Å². The molecule has 0 amide bonds. The minimum Gasteiger partial charge on any atom is -0.393 e. The summed E-state index contributed by atoms with van der Waals surface area (Å²) >= 11 is 0. The number of hydrogen-bond donors (Lipinski definition) is 1. The molecular formula is C13H26O. The first-order valence-electron chi connectivity index (χ1n) is 6.05. The number of allylic oxidation sites excluding steroid dienone is 2. The standard InChI is InChI=1S/C11H20O.C2H6/c1-9(2)3-4-10-5-7-11(12)8-6-10;1-2/h3-4,9-12H,5-8H2,1-2H3;1-2H3. The lowest BCUT2D eigenvalue weighted by molar-refractivity contribution is 0.118. The molecule has 1 N–H and O–H groups in total. The Hall–Kier alpha value is -0.300. The monoisotopic (exact) mass is 198 g/mol. The van der Waals surface area contributed by atoms with Crippen LogP contribution in [0.3, 0.4) is 0 Å². The zero-order valence-electron chi connectivity index (χ0n) is 10.2. The molecule has 1 rings (SSSR count). The lowest BCUT2D eigenvalue weighted by Crippen LogP contribution is -2.16. The van der Waals surface area contributed by atoms with Gasteiger partial charge in [0.15, 0.2) is 0 Å². The van der Waals surface area contributed by atoms with E-state index in [1.54, 1.807) is 0 Å². The zero-order valence-corrected chi connectivity index (χ0v) is 10.2. The Labute approximate surface area is 89.2 Å². The van der Waals surface area contributed by atoms with Crippen LogP contribution in [0.2, 0.25) is 0 Å². The molecule has 0 saturated heterocycles. The Morgan fingerprint density at radius 2 is 1.57 bits per heavy atom. The van der Waals surface area contributed by atoms with E-state index in [0.29, 0.717) is 5.92 Å². The van der Waals surface area contributed by atoms with Gasteiger partial charge in [0, 0.05) is 0 Å². The highest BCUT2D eigenvalue weighted by Crippen LogP contribution is 2.25. The van der Waals surface area contributed by atoms with E-state index in [4.69, 9.17) is 0 Å². The van der Waals surface area contributed by atoms with Gasteiger partial charge >= 0.3 is 0 Å². The predicted molar refractivity (Wildman–Crippen MR) is 63.3 cm³/mol. The van der Waals surface area contributed by atoms with Crippen LogP contribution in [0, 0.1) is 11.8 Å². The topological polar surface area (TPSA) is 20.2 Å². The van der Waals surface area contributed by atoms with Gasteiger partial charge in [-0.2, -0.15) is 0 Å². The molecule has 0 spiro atoms. The van der Waals surface area contributed by atoms with Crippen molar-refractivity contribution >= 4 is 0 Å². The maximum absolute atomic E-state index is 9.28. The van der Waals surface area contributed by atoms with Crippen LogP contribution in [0.5, 0.6) is 0 Å². The van der Waals surface area contributed by atoms with Gasteiger partial charge in [-0.3, -0.25) is 0 Å². The second-order valence-corrected chi connectivity index (χ2v) is 4.20. The molecular weight excluding hydrogens is 172 g/mol. The highest BCUT2D eigenvalue weighted by Gasteiger charge is 2.16. The summed E-state index contributed by atoms with van der Waals surface area (Å²) < 4.78 is 0. The first-order chi connectivity index (χ1) is 6.68. The number of hydrogen-bond acceptors (Lipinski definition) is 1. The van der Waals surface area contributed by atoms with Crippen molar-refractivity contribution in [1.82, 2.24) is 0 Å². The predicted octanol–water partition coefficient (Wildman–Crippen LogP) is 3.78. The van der Waals surface area contributed by atoms with Crippen molar-refractivity contribution in [3.8, 4) is 0 Å². The fourth-order valence-electron chi connectivity index (χ4n) is 1.67. The molecule has 1 nitrogen and oxygen atoms in total. The summed E-state index contributed by atoms with van der Waals surface area (Å²) in [4.78, 5) is 0. The van der Waals surface area contributed by atoms with E-state index in [1.807, 2.05) is 13.8 Å². The van der Waals surface area contributed by atoms with Gasteiger partial charge in [-0.1, -0.05) is 39.8 Å². The van der Waals surface area contributed by atoms with E-state index in [2.05, 4.69) is 26.0 Å². The van der Waals surface area contributed by atoms with Gasteiger partial charge in [0.05, 0.1) is 6.10 Å². The van der Waals surface area contributed by atoms with E-state index < -0.39 is 0 Å². The smallest absolute Gasteiger partial charge is 0.0540 e. The van der Waals surface area contributed by atoms with Gasteiger partial charge < -0.3 is 5.11 Å². The Balaban J connectivity index is 0.000000791. The first-order valence-corrected chi connectivity index (χ1v) is 6.05. The Morgan fingerprint density at radius 1 is 1.07 bits per heavy atom. The number of aliphatic hydroxyl groups is 1. The quantitative estimate of drug-likeness (QED) is 0.670. The van der Waals surface area contributed by atoms with Gasteiger partial charge in [0.1, 0.15) is 0 Å². The highest BCUT2D eigenvalue weighted by molar-refractivity contribution is 4.92. The normalized spacial score (nSPS) is 27.6. The SMILES string of the molecule is CC.CC(C)C=CC1CCC(O)CC1. The molecule has 1 aliphatic rings. The summed E-state index contributed by atoms with van der Waals surface area (Å²) in [6, 6.07) is 0. The second kappa shape index (κ2) is 8.05. The van der Waals surface area contributed by atoms with Gasteiger partial charge in [-0.05, 0) is 37.5 Å². The van der Waals surface area contributed by atoms with Crippen LogP contribution in [0.4, 0.5) is 0 Å². The Kier molecular flexibility index (Phi) is 7.87. The van der Waals surface area contributed by atoms with Crippen LogP contribution in [-0.2, 0) is 0 Å². The summed E-state index contributed by atoms with van der Waals surface area (Å²) in [5.41, 5.74) is 0. The van der Waals surface area contributed by atoms with E-state index >= 15 is 0 Å². The number of rotatable bonds is 2. The Morgan fingerprint density at radius 3 is 2.00 bits per heavy atom. The van der Waals surface area contributed by atoms with Crippen molar-refractivity contribution in [1.29, 1.82) is 0 Å². The van der Waals surface area contributed by atoms with Crippen LogP contribution in [-0.4, -0.2) is 11.2 Å². The highest BCUT2D eigenvalue weighted by atomic mass is 16.3. The molecule has 1 heteroatoms. The minimum atomic E-state index is -0.0197. The molecule has 0 bridgehead atoms. The third-order valence-electron chi connectivity index (χ3n) is 2.51. The molecule has 0 atom stereocenters. The molecule has 14 heavy (non-hydrogen) atoms. The van der Waals surface area contributed by atoms with Gasteiger partial charge in [0.2, 0.25) is 0 Å². The molecule has 0 aromatic heterocycles. The summed E-state index contributed by atoms with van der Waals surface area (Å²) in [6.07, 6.45) is 8.92. The summed E-state index contributed by atoms with van der Waals surface area (Å²) in [7, 11) is 0. The van der Waals surface area contributed by atoms with E-state index in [-0.39, 0.29) is 6.10 Å². The van der Waals surface area contributed by atoms with Crippen LogP contribution < -0.4 is 0 Å². The lowest BCUT2D eigenvalue weighted by atomic mass is 9.87. The van der Waals surface area contributed by atoms with Crippen molar-refractivity contribution in [3.63, 3.8) is 0 Å². The third-order valence-corrected chi connectivity index (χ3v) is 2.51. The van der Waals surface area contributed by atoms with Crippen LogP contribution in [0.25, 0.3) is 0 Å². The molecule has 0 aromatic carbocycles. The molecule has 1 aliphatic carbocycles. The van der Waals surface area contributed by atoms with Crippen LogP contribution in [0.15, 0.2) is 12.2 Å². The summed E-state index contributed by atoms with van der Waals surface area (Å²) in [5, 5.41) is 9.28. The van der Waals surface area contributed by atoms with Crippen molar-refractivity contribution in [2.75, 3.05) is 0 Å². The molecule has 0 radical (unpaired) electrons. The molecule has 0 unspecified atom stereocenters. The van der Waals surface area contributed by atoms with Gasteiger partial charge in [-0.15, -0.1) is 0 Å². The van der Waals surface area contributed by atoms with Crippen LogP contribution >= 0.6 is 0 Å². The van der Waals surface area contributed by atoms with Gasteiger partial charge in [-0.25, -0.2) is 0 Å². The average Bonchev–Trinajstić information content (AvgIpc) is 2.20. The maximum Gasteiger partial charge on any atom is 0.0540 e. The van der Waals surface area contributed by atoms with Crippen molar-refractivity contribution < 1.29 is 5.11 Å². The summed E-state index contributed by atoms with van der Waals surface area (Å²) in [6.45, 7) is 8.41. The fourth-order valence-corrected chi connectivity index (χ4v) is 1.67. The molecule has 0 heterocycles. The number of aliphatic hydroxyl groups excluding tert-OH is 1. The second-order valence-electron chi connectivity index (χ2n) is 4.20. The average molecular weight is 198 g/mol. The molecule has 1 fully saturated rings. The van der Waals surface area contributed by atoms with E-state index in [0.717, 1.165) is 18.8 Å². The fraction of sp³-hybridized carbons (Fsp3) is 0.846. The minimum absolute atomic E-state index is 0.0197. The molecule has 1 saturated carbocycles. The maximum atomic E-state index is 9.28. The third kappa shape index (κ3) is 6.20. The van der Waals surface area contributed by atoms with Crippen molar-refractivity contribution in [2.24, 2.45) is 11.8 Å². The van der Waals surface area contributed by atoms with Crippen LogP contribution in [0.1, 0.15) is 53.4 Å². The molecule has 0 aromatic rings. The largest absolute Gasteiger partial charge is 0.393 e. The Bertz CT molecular complexity index is 141. The molecule has 0 aliphatic heterocycles. The summed E-state index contributed by atoms with van der Waals surface area (Å²) in [5.74, 6) is 1.40. The first kappa shape index (κ1) is 13.7. The zero-order chi connectivity index (χ0) is 11.0.